The van der Waals surface area contributed by atoms with Crippen LogP contribution in [-0.4, -0.2) is 52.1 Å². The summed E-state index contributed by atoms with van der Waals surface area (Å²) in [6.07, 6.45) is 2.41. The number of thiocarbonyl (C=S) groups is 1. The van der Waals surface area contributed by atoms with Crippen molar-refractivity contribution >= 4 is 28.2 Å². The molecule has 1 fully saturated rings. The van der Waals surface area contributed by atoms with Crippen LogP contribution < -0.4 is 10.9 Å². The van der Waals surface area contributed by atoms with Crippen molar-refractivity contribution in [2.45, 2.75) is 60.0 Å². The highest BCUT2D eigenvalue weighted by molar-refractivity contribution is 7.80. The van der Waals surface area contributed by atoms with Gasteiger partial charge in [0.15, 0.2) is 5.11 Å². The highest BCUT2D eigenvalue weighted by atomic mass is 32.1. The molecule has 1 aliphatic rings. The van der Waals surface area contributed by atoms with Crippen LogP contribution >= 0.6 is 12.2 Å². The summed E-state index contributed by atoms with van der Waals surface area (Å²) in [5, 5.41) is 5.22. The SMILES string of the molecule is CCN1CCC[C@@H]1CN(Cc1cc2ccc(C)c(C)c2[nH]c1=O)C(=S)NCC(C)C. The summed E-state index contributed by atoms with van der Waals surface area (Å²) in [4.78, 5) is 20.8. The van der Waals surface area contributed by atoms with Gasteiger partial charge in [-0.05, 0) is 80.5 Å². The quantitative estimate of drug-likeness (QED) is 0.654. The Hall–Kier alpha value is -1.92. The lowest BCUT2D eigenvalue weighted by Crippen LogP contribution is -2.47. The molecular weight excluding hydrogens is 392 g/mol. The van der Waals surface area contributed by atoms with Crippen molar-refractivity contribution in [3.8, 4) is 0 Å². The number of nitrogens with one attached hydrogen (secondary N) is 2. The van der Waals surface area contributed by atoms with E-state index in [9.17, 15) is 4.79 Å². The summed E-state index contributed by atoms with van der Waals surface area (Å²) in [6.45, 7) is 15.1. The minimum absolute atomic E-state index is 0.0216. The van der Waals surface area contributed by atoms with E-state index in [1.54, 1.807) is 0 Å². The predicted octanol–water partition coefficient (Wildman–Crippen LogP) is 3.96. The molecule has 1 atom stereocenters. The molecule has 1 aromatic heterocycles. The van der Waals surface area contributed by atoms with E-state index in [0.29, 0.717) is 18.5 Å². The number of benzene rings is 1. The number of aryl methyl sites for hydroxylation is 2. The van der Waals surface area contributed by atoms with Crippen molar-refractivity contribution in [2.24, 2.45) is 5.92 Å². The monoisotopic (exact) mass is 428 g/mol. The van der Waals surface area contributed by atoms with Gasteiger partial charge in [-0.1, -0.05) is 32.9 Å². The number of hydrogen-bond acceptors (Lipinski definition) is 3. The maximum absolute atomic E-state index is 12.9. The van der Waals surface area contributed by atoms with Crippen molar-refractivity contribution in [1.82, 2.24) is 20.1 Å². The Kier molecular flexibility index (Phi) is 7.53. The highest BCUT2D eigenvalue weighted by Crippen LogP contribution is 2.21. The average molecular weight is 429 g/mol. The van der Waals surface area contributed by atoms with Crippen LogP contribution in [0.2, 0.25) is 0 Å². The van der Waals surface area contributed by atoms with E-state index in [2.05, 4.69) is 66.9 Å². The maximum atomic E-state index is 12.9. The number of aromatic amines is 1. The van der Waals surface area contributed by atoms with Gasteiger partial charge >= 0.3 is 0 Å². The van der Waals surface area contributed by atoms with Crippen molar-refractivity contribution in [3.05, 3.63) is 45.2 Å². The normalized spacial score (nSPS) is 17.1. The number of nitrogens with zero attached hydrogens (tertiary/aromatic N) is 2. The fourth-order valence-electron chi connectivity index (χ4n) is 4.29. The van der Waals surface area contributed by atoms with E-state index in [1.165, 1.54) is 18.4 Å². The molecule has 1 aliphatic heterocycles. The molecule has 2 N–H and O–H groups in total. The third-order valence-electron chi connectivity index (χ3n) is 6.27. The Balaban J connectivity index is 1.87. The van der Waals surface area contributed by atoms with Gasteiger partial charge in [0, 0.05) is 24.7 Å². The van der Waals surface area contributed by atoms with Crippen LogP contribution in [0.25, 0.3) is 10.9 Å². The van der Waals surface area contributed by atoms with Gasteiger partial charge in [-0.3, -0.25) is 9.69 Å². The fraction of sp³-hybridized carbons (Fsp3) is 0.583. The zero-order chi connectivity index (χ0) is 21.8. The van der Waals surface area contributed by atoms with Gasteiger partial charge < -0.3 is 15.2 Å². The van der Waals surface area contributed by atoms with Crippen LogP contribution in [0.15, 0.2) is 23.0 Å². The van der Waals surface area contributed by atoms with Gasteiger partial charge in [0.25, 0.3) is 5.56 Å². The smallest absolute Gasteiger partial charge is 0.253 e. The number of H-pyrrole nitrogens is 1. The first-order valence-electron chi connectivity index (χ1n) is 11.2. The minimum Gasteiger partial charge on any atom is -0.362 e. The van der Waals surface area contributed by atoms with Crippen LogP contribution in [0.1, 0.15) is 50.3 Å². The zero-order valence-corrected chi connectivity index (χ0v) is 19.9. The van der Waals surface area contributed by atoms with Gasteiger partial charge in [0.1, 0.15) is 0 Å². The van der Waals surface area contributed by atoms with Crippen molar-refractivity contribution < 1.29 is 0 Å². The molecule has 0 bridgehead atoms. The molecule has 1 aromatic carbocycles. The molecule has 0 unspecified atom stereocenters. The lowest BCUT2D eigenvalue weighted by Gasteiger charge is -2.32. The first-order valence-corrected chi connectivity index (χ1v) is 11.6. The molecular formula is C24H36N4OS. The summed E-state index contributed by atoms with van der Waals surface area (Å²) in [5.41, 5.74) is 4.00. The van der Waals surface area contributed by atoms with Crippen molar-refractivity contribution in [3.63, 3.8) is 0 Å². The van der Waals surface area contributed by atoms with Crippen LogP contribution in [-0.2, 0) is 6.54 Å². The number of likely N-dealkylation sites (tertiary alicyclic amines) is 1. The molecule has 6 heteroatoms. The third-order valence-corrected chi connectivity index (χ3v) is 6.68. The van der Waals surface area contributed by atoms with Gasteiger partial charge in [-0.25, -0.2) is 0 Å². The number of aromatic nitrogens is 1. The second-order valence-corrected chi connectivity index (χ2v) is 9.37. The number of rotatable bonds is 7. The van der Waals surface area contributed by atoms with E-state index >= 15 is 0 Å². The summed E-state index contributed by atoms with van der Waals surface area (Å²) in [6, 6.07) is 6.72. The fourth-order valence-corrected chi connectivity index (χ4v) is 4.51. The maximum Gasteiger partial charge on any atom is 0.253 e. The first-order chi connectivity index (χ1) is 14.3. The summed E-state index contributed by atoms with van der Waals surface area (Å²) in [7, 11) is 0. The molecule has 30 heavy (non-hydrogen) atoms. The van der Waals surface area contributed by atoms with E-state index in [4.69, 9.17) is 12.2 Å². The molecule has 0 aliphatic carbocycles. The molecule has 5 nitrogen and oxygen atoms in total. The molecule has 0 radical (unpaired) electrons. The largest absolute Gasteiger partial charge is 0.362 e. The molecule has 2 aromatic rings. The Morgan fingerprint density at radius 3 is 2.83 bits per heavy atom. The van der Waals surface area contributed by atoms with E-state index in [1.807, 2.05) is 6.07 Å². The standard InChI is InChI=1S/C24H36N4OS/c1-6-27-11-7-8-21(27)15-28(24(30)25-13-16(2)3)14-20-12-19-10-9-17(4)18(5)22(19)26-23(20)29/h9-10,12,16,21H,6-8,11,13-15H2,1-5H3,(H,25,30)(H,26,29)/t21-/m1/s1. The highest BCUT2D eigenvalue weighted by Gasteiger charge is 2.26. The second kappa shape index (κ2) is 9.92. The zero-order valence-electron chi connectivity index (χ0n) is 19.0. The van der Waals surface area contributed by atoms with E-state index in [-0.39, 0.29) is 5.56 Å². The lowest BCUT2D eigenvalue weighted by molar-refractivity contribution is 0.219. The third kappa shape index (κ3) is 5.22. The van der Waals surface area contributed by atoms with Gasteiger partial charge in [-0.2, -0.15) is 0 Å². The molecule has 1 saturated heterocycles. The minimum atomic E-state index is -0.0216. The van der Waals surface area contributed by atoms with Gasteiger partial charge in [-0.15, -0.1) is 0 Å². The molecule has 0 saturated carbocycles. The molecule has 0 amide bonds. The molecule has 3 rings (SSSR count). The van der Waals surface area contributed by atoms with Gasteiger partial charge in [0.2, 0.25) is 0 Å². The molecule has 164 valence electrons. The molecule has 0 spiro atoms. The molecule has 2 heterocycles. The number of hydrogen-bond donors (Lipinski definition) is 2. The second-order valence-electron chi connectivity index (χ2n) is 8.98. The topological polar surface area (TPSA) is 51.4 Å². The summed E-state index contributed by atoms with van der Waals surface area (Å²) >= 11 is 5.76. The van der Waals surface area contributed by atoms with Crippen LogP contribution in [0.3, 0.4) is 0 Å². The Bertz CT molecular complexity index is 952. The van der Waals surface area contributed by atoms with Crippen LogP contribution in [0.4, 0.5) is 0 Å². The first kappa shape index (κ1) is 22.8. The Morgan fingerprint density at radius 2 is 2.13 bits per heavy atom. The van der Waals surface area contributed by atoms with Crippen LogP contribution in [0, 0.1) is 19.8 Å². The van der Waals surface area contributed by atoms with Crippen molar-refractivity contribution in [2.75, 3.05) is 26.2 Å². The van der Waals surface area contributed by atoms with Crippen LogP contribution in [0.5, 0.6) is 0 Å². The average Bonchev–Trinajstić information content (AvgIpc) is 3.16. The van der Waals surface area contributed by atoms with Crippen molar-refractivity contribution in [1.29, 1.82) is 0 Å². The summed E-state index contributed by atoms with van der Waals surface area (Å²) in [5.74, 6) is 0.513. The predicted molar refractivity (Wildman–Crippen MR) is 130 cm³/mol. The van der Waals surface area contributed by atoms with E-state index in [0.717, 1.165) is 53.3 Å². The van der Waals surface area contributed by atoms with Gasteiger partial charge in [0.05, 0.1) is 12.1 Å². The number of likely N-dealkylation sites (N-methyl/N-ethyl adjacent to an activating group) is 1. The Morgan fingerprint density at radius 1 is 1.37 bits per heavy atom. The van der Waals surface area contributed by atoms with E-state index < -0.39 is 0 Å². The Labute approximate surface area is 185 Å². The summed E-state index contributed by atoms with van der Waals surface area (Å²) < 4.78 is 0. The number of fused-ring (bicyclic) bond motifs is 1. The lowest BCUT2D eigenvalue weighted by atomic mass is 10.0. The number of pyridine rings is 1.